The molecule has 0 aliphatic carbocycles. The Hall–Kier alpha value is -0.610. The maximum Gasteiger partial charge on any atom is 0.320 e. The fourth-order valence-corrected chi connectivity index (χ4v) is 2.61. The van der Waals surface area contributed by atoms with Crippen molar-refractivity contribution in [3.05, 3.63) is 0 Å². The minimum atomic E-state index is -0.733. The molecule has 0 aromatic carbocycles. The molecule has 17 heavy (non-hydrogen) atoms. The van der Waals surface area contributed by atoms with Crippen LogP contribution in [0.1, 0.15) is 40.0 Å². The van der Waals surface area contributed by atoms with Gasteiger partial charge >= 0.3 is 5.97 Å². The standard InChI is InChI=1S/C13H26N2O2/c1-4-14-11(12(16)17)6-9-15-8-5-7-13(2,3)10-15/h11,14H,4-10H2,1-3H3,(H,16,17). The molecule has 0 amide bonds. The van der Waals surface area contributed by atoms with Crippen molar-refractivity contribution in [2.45, 2.75) is 46.1 Å². The Bertz CT molecular complexity index is 254. The molecule has 0 radical (unpaired) electrons. The molecular weight excluding hydrogens is 216 g/mol. The molecule has 2 N–H and O–H groups in total. The summed E-state index contributed by atoms with van der Waals surface area (Å²) in [5, 5.41) is 12.1. The lowest BCUT2D eigenvalue weighted by molar-refractivity contribution is -0.139. The zero-order chi connectivity index (χ0) is 12.9. The maximum absolute atomic E-state index is 11.0. The minimum absolute atomic E-state index is 0.384. The zero-order valence-electron chi connectivity index (χ0n) is 11.3. The summed E-state index contributed by atoms with van der Waals surface area (Å²) >= 11 is 0. The van der Waals surface area contributed by atoms with E-state index < -0.39 is 12.0 Å². The third kappa shape index (κ3) is 5.04. The van der Waals surface area contributed by atoms with Gasteiger partial charge in [0.15, 0.2) is 0 Å². The first-order chi connectivity index (χ1) is 7.94. The number of likely N-dealkylation sites (tertiary alicyclic amines) is 1. The van der Waals surface area contributed by atoms with Gasteiger partial charge in [0, 0.05) is 13.1 Å². The number of piperidine rings is 1. The molecule has 0 bridgehead atoms. The van der Waals surface area contributed by atoms with Gasteiger partial charge in [-0.15, -0.1) is 0 Å². The van der Waals surface area contributed by atoms with Crippen LogP contribution in [0.3, 0.4) is 0 Å². The molecule has 0 spiro atoms. The first-order valence-electron chi connectivity index (χ1n) is 6.63. The summed E-state index contributed by atoms with van der Waals surface area (Å²) < 4.78 is 0. The van der Waals surface area contributed by atoms with Gasteiger partial charge in [-0.2, -0.15) is 0 Å². The number of hydrogen-bond donors (Lipinski definition) is 2. The number of carboxylic acid groups (broad SMARTS) is 1. The number of aliphatic carboxylic acids is 1. The normalized spacial score (nSPS) is 22.3. The Morgan fingerprint density at radius 1 is 1.53 bits per heavy atom. The number of nitrogens with zero attached hydrogens (tertiary/aromatic N) is 1. The van der Waals surface area contributed by atoms with Gasteiger partial charge in [0.25, 0.3) is 0 Å². The molecule has 0 aromatic heterocycles. The molecule has 0 aromatic rings. The molecule has 0 saturated carbocycles. The van der Waals surface area contributed by atoms with Crippen molar-refractivity contribution in [3.8, 4) is 0 Å². The third-order valence-corrected chi connectivity index (χ3v) is 3.46. The fraction of sp³-hybridized carbons (Fsp3) is 0.923. The Kier molecular flexibility index (Phi) is 5.40. The van der Waals surface area contributed by atoms with Crippen LogP contribution in [0, 0.1) is 5.41 Å². The van der Waals surface area contributed by atoms with E-state index >= 15 is 0 Å². The van der Waals surface area contributed by atoms with Gasteiger partial charge in [-0.3, -0.25) is 4.79 Å². The predicted octanol–water partition coefficient (Wildman–Crippen LogP) is 1.56. The third-order valence-electron chi connectivity index (χ3n) is 3.46. The number of nitrogens with one attached hydrogen (secondary N) is 1. The van der Waals surface area contributed by atoms with E-state index in [0.717, 1.165) is 19.6 Å². The number of carbonyl (C=O) groups is 1. The highest BCUT2D eigenvalue weighted by Crippen LogP contribution is 2.28. The summed E-state index contributed by atoms with van der Waals surface area (Å²) in [6, 6.07) is -0.398. The van der Waals surface area contributed by atoms with E-state index in [9.17, 15) is 4.79 Å². The molecular formula is C13H26N2O2. The topological polar surface area (TPSA) is 52.6 Å². The smallest absolute Gasteiger partial charge is 0.320 e. The SMILES string of the molecule is CCNC(CCN1CCCC(C)(C)C1)C(=O)O. The lowest BCUT2D eigenvalue weighted by Gasteiger charge is -2.38. The number of hydrogen-bond acceptors (Lipinski definition) is 3. The van der Waals surface area contributed by atoms with Crippen LogP contribution in [0.2, 0.25) is 0 Å². The van der Waals surface area contributed by atoms with Crippen LogP contribution in [0.4, 0.5) is 0 Å². The number of carboxylic acids is 1. The molecule has 4 heteroatoms. The molecule has 1 rings (SSSR count). The Labute approximate surface area is 104 Å². The monoisotopic (exact) mass is 242 g/mol. The van der Waals surface area contributed by atoms with Crippen LogP contribution < -0.4 is 5.32 Å². The minimum Gasteiger partial charge on any atom is -0.480 e. The first kappa shape index (κ1) is 14.5. The van der Waals surface area contributed by atoms with Crippen molar-refractivity contribution in [2.75, 3.05) is 26.2 Å². The molecule has 1 fully saturated rings. The first-order valence-corrected chi connectivity index (χ1v) is 6.63. The highest BCUT2D eigenvalue weighted by Gasteiger charge is 2.27. The molecule has 1 heterocycles. The Balaban J connectivity index is 2.35. The van der Waals surface area contributed by atoms with Gasteiger partial charge in [-0.25, -0.2) is 0 Å². The van der Waals surface area contributed by atoms with E-state index in [-0.39, 0.29) is 0 Å². The van der Waals surface area contributed by atoms with Crippen LogP contribution in [0.15, 0.2) is 0 Å². The average Bonchev–Trinajstić information content (AvgIpc) is 2.22. The molecule has 1 saturated heterocycles. The summed E-state index contributed by atoms with van der Waals surface area (Å²) in [5.74, 6) is -0.733. The van der Waals surface area contributed by atoms with Crippen molar-refractivity contribution < 1.29 is 9.90 Å². The highest BCUT2D eigenvalue weighted by atomic mass is 16.4. The maximum atomic E-state index is 11.0. The van der Waals surface area contributed by atoms with Crippen LogP contribution in [0.25, 0.3) is 0 Å². The second-order valence-corrected chi connectivity index (χ2v) is 5.78. The summed E-state index contributed by atoms with van der Waals surface area (Å²) in [6.45, 7) is 10.3. The van der Waals surface area contributed by atoms with Crippen molar-refractivity contribution in [1.29, 1.82) is 0 Å². The largest absolute Gasteiger partial charge is 0.480 e. The molecule has 100 valence electrons. The second kappa shape index (κ2) is 6.36. The zero-order valence-corrected chi connectivity index (χ0v) is 11.3. The number of rotatable bonds is 6. The van der Waals surface area contributed by atoms with Gasteiger partial charge < -0.3 is 15.3 Å². The summed E-state index contributed by atoms with van der Waals surface area (Å²) in [6.07, 6.45) is 3.20. The van der Waals surface area contributed by atoms with E-state index in [4.69, 9.17) is 5.11 Å². The highest BCUT2D eigenvalue weighted by molar-refractivity contribution is 5.73. The summed E-state index contributed by atoms with van der Waals surface area (Å²) in [4.78, 5) is 13.4. The van der Waals surface area contributed by atoms with E-state index in [1.807, 2.05) is 6.92 Å². The van der Waals surface area contributed by atoms with Crippen molar-refractivity contribution >= 4 is 5.97 Å². The van der Waals surface area contributed by atoms with E-state index in [0.29, 0.717) is 18.4 Å². The quantitative estimate of drug-likeness (QED) is 0.742. The van der Waals surface area contributed by atoms with Crippen LogP contribution in [0.5, 0.6) is 0 Å². The lowest BCUT2D eigenvalue weighted by atomic mass is 9.84. The van der Waals surface area contributed by atoms with Gasteiger partial charge in [0.2, 0.25) is 0 Å². The number of likely N-dealkylation sites (N-methyl/N-ethyl adjacent to an activating group) is 1. The predicted molar refractivity (Wildman–Crippen MR) is 69.2 cm³/mol. The molecule has 1 atom stereocenters. The van der Waals surface area contributed by atoms with Crippen molar-refractivity contribution in [3.63, 3.8) is 0 Å². The van der Waals surface area contributed by atoms with Crippen LogP contribution in [-0.2, 0) is 4.79 Å². The molecule has 1 aliphatic rings. The molecule has 4 nitrogen and oxygen atoms in total. The lowest BCUT2D eigenvalue weighted by Crippen LogP contribution is -2.44. The second-order valence-electron chi connectivity index (χ2n) is 5.78. The van der Waals surface area contributed by atoms with Gasteiger partial charge in [0.1, 0.15) is 6.04 Å². The molecule has 1 aliphatic heterocycles. The van der Waals surface area contributed by atoms with Crippen molar-refractivity contribution in [1.82, 2.24) is 10.2 Å². The van der Waals surface area contributed by atoms with Gasteiger partial charge in [-0.05, 0) is 37.8 Å². The van der Waals surface area contributed by atoms with Gasteiger partial charge in [-0.1, -0.05) is 20.8 Å². The summed E-state index contributed by atoms with van der Waals surface area (Å²) in [7, 11) is 0. The van der Waals surface area contributed by atoms with Crippen molar-refractivity contribution in [2.24, 2.45) is 5.41 Å². The Morgan fingerprint density at radius 3 is 2.76 bits per heavy atom. The Morgan fingerprint density at radius 2 is 2.24 bits per heavy atom. The van der Waals surface area contributed by atoms with E-state index in [1.165, 1.54) is 12.8 Å². The van der Waals surface area contributed by atoms with E-state index in [1.54, 1.807) is 0 Å². The van der Waals surface area contributed by atoms with Gasteiger partial charge in [0.05, 0.1) is 0 Å². The molecule has 1 unspecified atom stereocenters. The van der Waals surface area contributed by atoms with Crippen LogP contribution >= 0.6 is 0 Å². The van der Waals surface area contributed by atoms with E-state index in [2.05, 4.69) is 24.1 Å². The average molecular weight is 242 g/mol. The van der Waals surface area contributed by atoms with Crippen LogP contribution in [-0.4, -0.2) is 48.2 Å². The fourth-order valence-electron chi connectivity index (χ4n) is 2.61. The summed E-state index contributed by atoms with van der Waals surface area (Å²) in [5.41, 5.74) is 0.384.